The molecule has 0 aliphatic heterocycles. The zero-order valence-corrected chi connectivity index (χ0v) is 11.5. The standard InChI is InChI=1S/C12H16BrNO2/c1-7-5-9(13)10(14)6-8(7)11(15)16-12(2,3)4/h5-6H,14H2,1-4H3. The lowest BCUT2D eigenvalue weighted by Gasteiger charge is -2.20. The number of halogens is 1. The zero-order chi connectivity index (χ0) is 12.5. The van der Waals surface area contributed by atoms with E-state index in [1.54, 1.807) is 6.07 Å². The van der Waals surface area contributed by atoms with Gasteiger partial charge in [0.25, 0.3) is 0 Å². The van der Waals surface area contributed by atoms with E-state index < -0.39 is 5.60 Å². The van der Waals surface area contributed by atoms with E-state index in [-0.39, 0.29) is 5.97 Å². The van der Waals surface area contributed by atoms with E-state index in [1.165, 1.54) is 0 Å². The average Bonchev–Trinajstić information content (AvgIpc) is 2.08. The maximum atomic E-state index is 11.9. The van der Waals surface area contributed by atoms with Crippen molar-refractivity contribution in [2.45, 2.75) is 33.3 Å². The molecule has 0 fully saturated rings. The molecule has 0 aliphatic carbocycles. The fourth-order valence-electron chi connectivity index (χ4n) is 1.24. The third-order valence-corrected chi connectivity index (χ3v) is 2.65. The van der Waals surface area contributed by atoms with Gasteiger partial charge in [-0.15, -0.1) is 0 Å². The lowest BCUT2D eigenvalue weighted by Crippen LogP contribution is -2.24. The van der Waals surface area contributed by atoms with Gasteiger partial charge in [-0.25, -0.2) is 4.79 Å². The van der Waals surface area contributed by atoms with Crippen molar-refractivity contribution >= 4 is 27.6 Å². The summed E-state index contributed by atoms with van der Waals surface area (Å²) in [4.78, 5) is 11.9. The minimum Gasteiger partial charge on any atom is -0.456 e. The number of carbonyl (C=O) groups is 1. The zero-order valence-electron chi connectivity index (χ0n) is 9.93. The summed E-state index contributed by atoms with van der Waals surface area (Å²) in [6.07, 6.45) is 0. The van der Waals surface area contributed by atoms with Gasteiger partial charge in [0.15, 0.2) is 0 Å². The molecule has 1 rings (SSSR count). The van der Waals surface area contributed by atoms with Crippen molar-refractivity contribution in [3.63, 3.8) is 0 Å². The largest absolute Gasteiger partial charge is 0.456 e. The molecule has 0 heterocycles. The highest BCUT2D eigenvalue weighted by atomic mass is 79.9. The van der Waals surface area contributed by atoms with Gasteiger partial charge in [-0.3, -0.25) is 0 Å². The van der Waals surface area contributed by atoms with Crippen molar-refractivity contribution in [3.05, 3.63) is 27.7 Å². The van der Waals surface area contributed by atoms with E-state index in [2.05, 4.69) is 15.9 Å². The first kappa shape index (κ1) is 13.0. The first-order valence-electron chi connectivity index (χ1n) is 4.99. The van der Waals surface area contributed by atoms with Crippen LogP contribution in [0.1, 0.15) is 36.7 Å². The smallest absolute Gasteiger partial charge is 0.338 e. The second-order valence-electron chi connectivity index (χ2n) is 4.69. The van der Waals surface area contributed by atoms with Crippen LogP contribution >= 0.6 is 15.9 Å². The van der Waals surface area contributed by atoms with Crippen LogP contribution in [0.2, 0.25) is 0 Å². The molecule has 0 bridgehead atoms. The van der Waals surface area contributed by atoms with Crippen LogP contribution in [0.25, 0.3) is 0 Å². The monoisotopic (exact) mass is 285 g/mol. The number of aryl methyl sites for hydroxylation is 1. The van der Waals surface area contributed by atoms with E-state index >= 15 is 0 Å². The molecule has 0 spiro atoms. The third kappa shape index (κ3) is 3.23. The maximum Gasteiger partial charge on any atom is 0.338 e. The van der Waals surface area contributed by atoms with Gasteiger partial charge in [-0.05, 0) is 61.3 Å². The Labute approximate surface area is 104 Å². The minimum absolute atomic E-state index is 0.343. The molecule has 0 atom stereocenters. The summed E-state index contributed by atoms with van der Waals surface area (Å²) in [5.41, 5.74) is 7.13. The molecule has 2 N–H and O–H groups in total. The first-order chi connectivity index (χ1) is 7.20. The SMILES string of the molecule is Cc1cc(Br)c(N)cc1C(=O)OC(C)(C)C. The van der Waals surface area contributed by atoms with Gasteiger partial charge in [0.2, 0.25) is 0 Å². The Morgan fingerprint density at radius 3 is 2.44 bits per heavy atom. The molecule has 1 aromatic carbocycles. The summed E-state index contributed by atoms with van der Waals surface area (Å²) < 4.78 is 6.08. The number of rotatable bonds is 1. The fourth-order valence-corrected chi connectivity index (χ4v) is 1.70. The highest BCUT2D eigenvalue weighted by Crippen LogP contribution is 2.25. The summed E-state index contributed by atoms with van der Waals surface area (Å²) in [6.45, 7) is 7.36. The summed E-state index contributed by atoms with van der Waals surface area (Å²) in [5.74, 6) is -0.343. The molecule has 4 heteroatoms. The van der Waals surface area contributed by atoms with Gasteiger partial charge < -0.3 is 10.5 Å². The van der Waals surface area contributed by atoms with Crippen LogP contribution in [0.4, 0.5) is 5.69 Å². The van der Waals surface area contributed by atoms with E-state index in [4.69, 9.17) is 10.5 Å². The van der Waals surface area contributed by atoms with Gasteiger partial charge >= 0.3 is 5.97 Å². The fraction of sp³-hybridized carbons (Fsp3) is 0.417. The average molecular weight is 286 g/mol. The Kier molecular flexibility index (Phi) is 3.63. The molecule has 0 aromatic heterocycles. The van der Waals surface area contributed by atoms with E-state index in [1.807, 2.05) is 33.8 Å². The lowest BCUT2D eigenvalue weighted by atomic mass is 10.1. The summed E-state index contributed by atoms with van der Waals surface area (Å²) >= 11 is 3.31. The van der Waals surface area contributed by atoms with Gasteiger partial charge in [-0.2, -0.15) is 0 Å². The highest BCUT2D eigenvalue weighted by molar-refractivity contribution is 9.10. The van der Waals surface area contributed by atoms with Crippen molar-refractivity contribution in [1.29, 1.82) is 0 Å². The molecule has 0 saturated heterocycles. The second kappa shape index (κ2) is 4.45. The summed E-state index contributed by atoms with van der Waals surface area (Å²) in [5, 5.41) is 0. The number of hydrogen-bond donors (Lipinski definition) is 1. The molecular formula is C12H16BrNO2. The van der Waals surface area contributed by atoms with Gasteiger partial charge in [0.1, 0.15) is 5.60 Å². The minimum atomic E-state index is -0.495. The predicted molar refractivity (Wildman–Crippen MR) is 68.5 cm³/mol. The number of anilines is 1. The van der Waals surface area contributed by atoms with Gasteiger partial charge in [0.05, 0.1) is 5.56 Å². The molecule has 0 unspecified atom stereocenters. The van der Waals surface area contributed by atoms with Crippen molar-refractivity contribution in [2.75, 3.05) is 5.73 Å². The van der Waals surface area contributed by atoms with Crippen LogP contribution in [-0.4, -0.2) is 11.6 Å². The van der Waals surface area contributed by atoms with E-state index in [9.17, 15) is 4.79 Å². The number of hydrogen-bond acceptors (Lipinski definition) is 3. The first-order valence-corrected chi connectivity index (χ1v) is 5.79. The quantitative estimate of drug-likeness (QED) is 0.636. The molecule has 0 radical (unpaired) electrons. The highest BCUT2D eigenvalue weighted by Gasteiger charge is 2.19. The molecule has 1 aromatic rings. The number of benzene rings is 1. The Morgan fingerprint density at radius 1 is 1.38 bits per heavy atom. The predicted octanol–water partition coefficient (Wildman–Crippen LogP) is 3.30. The van der Waals surface area contributed by atoms with Crippen molar-refractivity contribution in [3.8, 4) is 0 Å². The Bertz CT molecular complexity index is 422. The Balaban J connectivity index is 3.05. The molecular weight excluding hydrogens is 270 g/mol. The Hall–Kier alpha value is -1.03. The maximum absolute atomic E-state index is 11.9. The van der Waals surface area contributed by atoms with Crippen LogP contribution < -0.4 is 5.73 Å². The summed E-state index contributed by atoms with van der Waals surface area (Å²) in [7, 11) is 0. The third-order valence-electron chi connectivity index (χ3n) is 1.96. The topological polar surface area (TPSA) is 52.3 Å². The van der Waals surface area contributed by atoms with Crippen LogP contribution in [0, 0.1) is 6.92 Å². The molecule has 0 amide bonds. The van der Waals surface area contributed by atoms with Crippen molar-refractivity contribution < 1.29 is 9.53 Å². The Morgan fingerprint density at radius 2 is 1.94 bits per heavy atom. The van der Waals surface area contributed by atoms with E-state index in [0.29, 0.717) is 11.3 Å². The number of nitrogens with two attached hydrogens (primary N) is 1. The van der Waals surface area contributed by atoms with E-state index in [0.717, 1.165) is 10.0 Å². The van der Waals surface area contributed by atoms with Crippen molar-refractivity contribution in [2.24, 2.45) is 0 Å². The van der Waals surface area contributed by atoms with Crippen molar-refractivity contribution in [1.82, 2.24) is 0 Å². The van der Waals surface area contributed by atoms with Crippen LogP contribution in [0.15, 0.2) is 16.6 Å². The number of carbonyl (C=O) groups excluding carboxylic acids is 1. The molecule has 16 heavy (non-hydrogen) atoms. The lowest BCUT2D eigenvalue weighted by molar-refractivity contribution is 0.00688. The van der Waals surface area contributed by atoms with Gasteiger partial charge in [-0.1, -0.05) is 0 Å². The summed E-state index contributed by atoms with van der Waals surface area (Å²) in [6, 6.07) is 3.45. The molecule has 0 saturated carbocycles. The van der Waals surface area contributed by atoms with Crippen LogP contribution in [0.3, 0.4) is 0 Å². The van der Waals surface area contributed by atoms with Crippen LogP contribution in [0.5, 0.6) is 0 Å². The number of ether oxygens (including phenoxy) is 1. The molecule has 0 aliphatic rings. The van der Waals surface area contributed by atoms with Gasteiger partial charge in [0, 0.05) is 10.2 Å². The number of esters is 1. The molecule has 88 valence electrons. The second-order valence-corrected chi connectivity index (χ2v) is 5.54. The normalized spacial score (nSPS) is 11.3. The number of nitrogen functional groups attached to an aromatic ring is 1. The molecule has 3 nitrogen and oxygen atoms in total. The van der Waals surface area contributed by atoms with Crippen LogP contribution in [-0.2, 0) is 4.74 Å².